The highest BCUT2D eigenvalue weighted by Crippen LogP contribution is 2.15. The first-order chi connectivity index (χ1) is 12.6. The van der Waals surface area contributed by atoms with Gasteiger partial charge in [-0.2, -0.15) is 0 Å². The second kappa shape index (κ2) is 8.69. The van der Waals surface area contributed by atoms with Crippen molar-refractivity contribution in [3.63, 3.8) is 0 Å². The van der Waals surface area contributed by atoms with Crippen LogP contribution in [0.25, 0.3) is 0 Å². The minimum absolute atomic E-state index is 0.0139. The van der Waals surface area contributed by atoms with E-state index in [1.165, 1.54) is 12.1 Å². The number of rotatable bonds is 7. The first-order valence-corrected chi connectivity index (χ1v) is 9.33. The number of hydrogen-bond donors (Lipinski definition) is 3. The molecule has 2 rings (SSSR count). The maximum Gasteiger partial charge on any atom is 0.238 e. The number of halogens is 2. The average molecular weight is 397 g/mol. The van der Waals surface area contributed by atoms with E-state index in [1.807, 2.05) is 0 Å². The van der Waals surface area contributed by atoms with Gasteiger partial charge in [0.05, 0.1) is 10.6 Å². The molecule has 0 aromatic heterocycles. The number of nitrogens with two attached hydrogens (primary N) is 1. The molecule has 0 fully saturated rings. The van der Waals surface area contributed by atoms with E-state index < -0.39 is 39.9 Å². The molecule has 0 radical (unpaired) electrons. The smallest absolute Gasteiger partial charge is 0.238 e. The third-order valence-electron chi connectivity index (χ3n) is 3.51. The van der Waals surface area contributed by atoms with Crippen LogP contribution >= 0.6 is 0 Å². The fourth-order valence-electron chi connectivity index (χ4n) is 2.19. The fourth-order valence-corrected chi connectivity index (χ4v) is 2.70. The first kappa shape index (κ1) is 20.5. The van der Waals surface area contributed by atoms with Gasteiger partial charge in [-0.25, -0.2) is 22.3 Å². The number of anilines is 1. The molecule has 0 saturated heterocycles. The summed E-state index contributed by atoms with van der Waals surface area (Å²) in [6.07, 6.45) is -0.119. The lowest BCUT2D eigenvalue weighted by molar-refractivity contribution is -0.126. The van der Waals surface area contributed by atoms with Crippen molar-refractivity contribution < 1.29 is 26.8 Å². The molecule has 2 amide bonds. The Balaban J connectivity index is 1.78. The van der Waals surface area contributed by atoms with Crippen molar-refractivity contribution in [3.05, 3.63) is 59.7 Å². The van der Waals surface area contributed by atoms with Crippen molar-refractivity contribution in [2.45, 2.75) is 17.7 Å². The molecule has 27 heavy (non-hydrogen) atoms. The molecular weight excluding hydrogens is 380 g/mol. The van der Waals surface area contributed by atoms with Gasteiger partial charge < -0.3 is 10.6 Å². The SMILES string of the molecule is NS(=O)(=O)c1ccc(CCNC(=O)CC(=O)Nc2ccc(F)cc2F)cc1. The van der Waals surface area contributed by atoms with E-state index in [1.54, 1.807) is 12.1 Å². The van der Waals surface area contributed by atoms with Crippen LogP contribution in [0.5, 0.6) is 0 Å². The zero-order chi connectivity index (χ0) is 20.0. The molecule has 0 atom stereocenters. The molecule has 0 aliphatic heterocycles. The molecule has 0 aliphatic carbocycles. The summed E-state index contributed by atoms with van der Waals surface area (Å²) in [5.74, 6) is -3.03. The molecule has 0 saturated carbocycles. The Hall–Kier alpha value is -2.85. The quantitative estimate of drug-likeness (QED) is 0.610. The number of hydrogen-bond acceptors (Lipinski definition) is 4. The minimum Gasteiger partial charge on any atom is -0.355 e. The topological polar surface area (TPSA) is 118 Å². The molecule has 0 aliphatic rings. The molecule has 2 aromatic carbocycles. The van der Waals surface area contributed by atoms with E-state index in [9.17, 15) is 26.8 Å². The van der Waals surface area contributed by atoms with E-state index in [-0.39, 0.29) is 17.1 Å². The lowest BCUT2D eigenvalue weighted by Crippen LogP contribution is -2.29. The van der Waals surface area contributed by atoms with Gasteiger partial charge in [0.1, 0.15) is 18.1 Å². The molecule has 144 valence electrons. The van der Waals surface area contributed by atoms with Crippen molar-refractivity contribution in [3.8, 4) is 0 Å². The van der Waals surface area contributed by atoms with Gasteiger partial charge >= 0.3 is 0 Å². The Bertz CT molecular complexity index is 947. The summed E-state index contributed by atoms with van der Waals surface area (Å²) in [5, 5.41) is 9.71. The number of sulfonamides is 1. The van der Waals surface area contributed by atoms with Gasteiger partial charge in [0.15, 0.2) is 0 Å². The molecule has 10 heteroatoms. The zero-order valence-electron chi connectivity index (χ0n) is 14.0. The zero-order valence-corrected chi connectivity index (χ0v) is 14.9. The van der Waals surface area contributed by atoms with Crippen LogP contribution in [0.1, 0.15) is 12.0 Å². The molecule has 0 bridgehead atoms. The van der Waals surface area contributed by atoms with Crippen LogP contribution in [0.3, 0.4) is 0 Å². The van der Waals surface area contributed by atoms with Gasteiger partial charge in [-0.05, 0) is 36.2 Å². The lowest BCUT2D eigenvalue weighted by Gasteiger charge is -2.08. The van der Waals surface area contributed by atoms with E-state index in [4.69, 9.17) is 5.14 Å². The maximum absolute atomic E-state index is 13.4. The third-order valence-corrected chi connectivity index (χ3v) is 4.44. The van der Waals surface area contributed by atoms with Gasteiger partial charge in [-0.15, -0.1) is 0 Å². The van der Waals surface area contributed by atoms with E-state index >= 15 is 0 Å². The van der Waals surface area contributed by atoms with Crippen molar-refractivity contribution in [2.75, 3.05) is 11.9 Å². The van der Waals surface area contributed by atoms with E-state index in [2.05, 4.69) is 10.6 Å². The monoisotopic (exact) mass is 397 g/mol. The van der Waals surface area contributed by atoms with Crippen molar-refractivity contribution in [1.29, 1.82) is 0 Å². The summed E-state index contributed by atoms with van der Waals surface area (Å²) in [7, 11) is -3.76. The Morgan fingerprint density at radius 1 is 1.00 bits per heavy atom. The highest BCUT2D eigenvalue weighted by atomic mass is 32.2. The van der Waals surface area contributed by atoms with Crippen LogP contribution in [0.2, 0.25) is 0 Å². The summed E-state index contributed by atoms with van der Waals surface area (Å²) >= 11 is 0. The van der Waals surface area contributed by atoms with Gasteiger partial charge in [-0.1, -0.05) is 12.1 Å². The normalized spacial score (nSPS) is 11.1. The molecule has 0 unspecified atom stereocenters. The Morgan fingerprint density at radius 2 is 1.67 bits per heavy atom. The molecular formula is C17H17F2N3O4S. The standard InChI is InChI=1S/C17H17F2N3O4S/c18-12-3-6-15(14(19)9-12)22-17(24)10-16(23)21-8-7-11-1-4-13(5-2-11)27(20,25)26/h1-6,9H,7-8,10H2,(H,21,23)(H,22,24)(H2,20,25,26). The van der Waals surface area contributed by atoms with Crippen molar-refractivity contribution >= 4 is 27.5 Å². The highest BCUT2D eigenvalue weighted by Gasteiger charge is 2.12. The molecule has 0 spiro atoms. The van der Waals surface area contributed by atoms with Gasteiger partial charge in [0.2, 0.25) is 21.8 Å². The van der Waals surface area contributed by atoms with Gasteiger partial charge in [-0.3, -0.25) is 9.59 Å². The predicted molar refractivity (Wildman–Crippen MR) is 94.1 cm³/mol. The Kier molecular flexibility index (Phi) is 6.59. The summed E-state index contributed by atoms with van der Waals surface area (Å²) in [4.78, 5) is 23.4. The number of carbonyl (C=O) groups is 2. The van der Waals surface area contributed by atoms with Crippen LogP contribution in [0, 0.1) is 11.6 Å². The number of nitrogens with one attached hydrogen (secondary N) is 2. The van der Waals surface area contributed by atoms with Crippen molar-refractivity contribution in [2.24, 2.45) is 5.14 Å². The molecule has 4 N–H and O–H groups in total. The second-order valence-corrected chi connectivity index (χ2v) is 7.20. The van der Waals surface area contributed by atoms with E-state index in [0.717, 1.165) is 17.7 Å². The Labute approximate surface area is 154 Å². The van der Waals surface area contributed by atoms with Crippen LogP contribution in [-0.4, -0.2) is 26.8 Å². The lowest BCUT2D eigenvalue weighted by atomic mass is 10.1. The van der Waals surface area contributed by atoms with Gasteiger partial charge in [0, 0.05) is 12.6 Å². The Morgan fingerprint density at radius 3 is 2.26 bits per heavy atom. The first-order valence-electron chi connectivity index (χ1n) is 7.78. The summed E-state index contributed by atoms with van der Waals surface area (Å²) in [6, 6.07) is 8.52. The van der Waals surface area contributed by atoms with Crippen LogP contribution < -0.4 is 15.8 Å². The van der Waals surface area contributed by atoms with Crippen molar-refractivity contribution in [1.82, 2.24) is 5.32 Å². The maximum atomic E-state index is 13.4. The number of amides is 2. The summed E-state index contributed by atoms with van der Waals surface area (Å²) < 4.78 is 48.6. The number of carbonyl (C=O) groups excluding carboxylic acids is 2. The fraction of sp³-hybridized carbons (Fsp3) is 0.176. The van der Waals surface area contributed by atoms with Crippen LogP contribution in [0.15, 0.2) is 47.4 Å². The minimum atomic E-state index is -3.76. The third kappa shape index (κ3) is 6.42. The second-order valence-electron chi connectivity index (χ2n) is 5.64. The predicted octanol–water partition coefficient (Wildman–Crippen LogP) is 1.30. The number of primary sulfonamides is 1. The summed E-state index contributed by atoms with van der Waals surface area (Å²) in [6.45, 7) is 0.214. The molecule has 7 nitrogen and oxygen atoms in total. The molecule has 0 heterocycles. The van der Waals surface area contributed by atoms with Crippen LogP contribution in [-0.2, 0) is 26.0 Å². The van der Waals surface area contributed by atoms with Gasteiger partial charge in [0.25, 0.3) is 0 Å². The number of benzene rings is 2. The van der Waals surface area contributed by atoms with E-state index in [0.29, 0.717) is 12.5 Å². The summed E-state index contributed by atoms with van der Waals surface area (Å²) in [5.41, 5.74) is 0.546. The molecule has 2 aromatic rings. The largest absolute Gasteiger partial charge is 0.355 e. The average Bonchev–Trinajstić information content (AvgIpc) is 2.57. The van der Waals surface area contributed by atoms with Crippen LogP contribution in [0.4, 0.5) is 14.5 Å². The highest BCUT2D eigenvalue weighted by molar-refractivity contribution is 7.89.